The summed E-state index contributed by atoms with van der Waals surface area (Å²) in [6.07, 6.45) is 0. The van der Waals surface area contributed by atoms with Crippen LogP contribution in [0, 0.1) is 0 Å². The topological polar surface area (TPSA) is 38.0 Å². The van der Waals surface area contributed by atoms with Gasteiger partial charge in [0.1, 0.15) is 0 Å². The number of rotatable bonds is 4. The van der Waals surface area contributed by atoms with Crippen molar-refractivity contribution in [1.82, 2.24) is 5.32 Å². The average Bonchev–Trinajstić information content (AvgIpc) is 2.52. The molecule has 1 aromatic rings. The highest BCUT2D eigenvalue weighted by molar-refractivity contribution is 7.12. The van der Waals surface area contributed by atoms with Crippen LogP contribution in [-0.2, 0) is 12.0 Å². The van der Waals surface area contributed by atoms with Crippen molar-refractivity contribution in [2.75, 3.05) is 13.1 Å². The molecular formula is C11H20N2S. The highest BCUT2D eigenvalue weighted by Gasteiger charge is 2.15. The van der Waals surface area contributed by atoms with Crippen molar-refractivity contribution in [2.45, 2.75) is 32.7 Å². The Kier molecular flexibility index (Phi) is 4.11. The normalized spacial score (nSPS) is 12.0. The van der Waals surface area contributed by atoms with Crippen LogP contribution in [-0.4, -0.2) is 13.1 Å². The van der Waals surface area contributed by atoms with E-state index in [-0.39, 0.29) is 5.41 Å². The van der Waals surface area contributed by atoms with E-state index < -0.39 is 0 Å². The molecule has 0 saturated heterocycles. The van der Waals surface area contributed by atoms with Gasteiger partial charge >= 0.3 is 0 Å². The largest absolute Gasteiger partial charge is 0.329 e. The van der Waals surface area contributed by atoms with Crippen LogP contribution in [0.4, 0.5) is 0 Å². The zero-order chi connectivity index (χ0) is 10.6. The van der Waals surface area contributed by atoms with Crippen molar-refractivity contribution in [1.29, 1.82) is 0 Å². The van der Waals surface area contributed by atoms with Gasteiger partial charge in [-0.25, -0.2) is 0 Å². The van der Waals surface area contributed by atoms with Crippen molar-refractivity contribution in [3.8, 4) is 0 Å². The summed E-state index contributed by atoms with van der Waals surface area (Å²) in [4.78, 5) is 2.84. The molecule has 3 N–H and O–H groups in total. The third-order valence-electron chi connectivity index (χ3n) is 2.02. The Morgan fingerprint density at radius 1 is 1.36 bits per heavy atom. The van der Waals surface area contributed by atoms with Gasteiger partial charge in [-0.3, -0.25) is 0 Å². The zero-order valence-corrected chi connectivity index (χ0v) is 10.1. The van der Waals surface area contributed by atoms with Crippen LogP contribution in [0.2, 0.25) is 0 Å². The number of hydrogen-bond acceptors (Lipinski definition) is 3. The molecule has 0 radical (unpaired) electrons. The fourth-order valence-corrected chi connectivity index (χ4v) is 2.22. The van der Waals surface area contributed by atoms with Gasteiger partial charge in [-0.1, -0.05) is 20.8 Å². The summed E-state index contributed by atoms with van der Waals surface area (Å²) in [6.45, 7) is 9.28. The van der Waals surface area contributed by atoms with Gasteiger partial charge in [0.2, 0.25) is 0 Å². The van der Waals surface area contributed by atoms with Crippen LogP contribution >= 0.6 is 11.3 Å². The Morgan fingerprint density at radius 3 is 2.57 bits per heavy atom. The molecule has 0 aliphatic heterocycles. The maximum absolute atomic E-state index is 5.41. The minimum absolute atomic E-state index is 0.275. The van der Waals surface area contributed by atoms with E-state index in [0.29, 0.717) is 6.54 Å². The van der Waals surface area contributed by atoms with Gasteiger partial charge in [0, 0.05) is 29.4 Å². The van der Waals surface area contributed by atoms with E-state index in [1.54, 1.807) is 0 Å². The maximum Gasteiger partial charge on any atom is 0.0300 e. The molecule has 0 spiro atoms. The molecule has 0 saturated carbocycles. The fourth-order valence-electron chi connectivity index (χ4n) is 1.19. The van der Waals surface area contributed by atoms with Crippen LogP contribution < -0.4 is 11.1 Å². The molecule has 2 nitrogen and oxygen atoms in total. The number of nitrogens with one attached hydrogen (secondary N) is 1. The summed E-state index contributed by atoms with van der Waals surface area (Å²) in [5.41, 5.74) is 5.68. The molecule has 0 aliphatic carbocycles. The minimum atomic E-state index is 0.275. The van der Waals surface area contributed by atoms with E-state index in [0.717, 1.165) is 13.1 Å². The summed E-state index contributed by atoms with van der Waals surface area (Å²) in [6, 6.07) is 4.43. The Bertz CT molecular complexity index is 273. The molecular weight excluding hydrogens is 192 g/mol. The number of hydrogen-bond donors (Lipinski definition) is 2. The van der Waals surface area contributed by atoms with Gasteiger partial charge in [0.05, 0.1) is 0 Å². The molecule has 3 heteroatoms. The first kappa shape index (κ1) is 11.7. The second-order valence-electron chi connectivity index (χ2n) is 4.48. The summed E-state index contributed by atoms with van der Waals surface area (Å²) in [5, 5.41) is 3.30. The van der Waals surface area contributed by atoms with E-state index in [1.165, 1.54) is 9.75 Å². The van der Waals surface area contributed by atoms with Crippen molar-refractivity contribution in [2.24, 2.45) is 5.73 Å². The SMILES string of the molecule is CC(C)(C)c1ccc(CNCCN)s1. The lowest BCUT2D eigenvalue weighted by atomic mass is 9.95. The summed E-state index contributed by atoms with van der Waals surface area (Å²) in [7, 11) is 0. The van der Waals surface area contributed by atoms with Crippen molar-refractivity contribution in [3.05, 3.63) is 21.9 Å². The lowest BCUT2D eigenvalue weighted by molar-refractivity contribution is 0.604. The number of thiophene rings is 1. The highest BCUT2D eigenvalue weighted by Crippen LogP contribution is 2.29. The third-order valence-corrected chi connectivity index (χ3v) is 3.53. The Balaban J connectivity index is 2.51. The van der Waals surface area contributed by atoms with Gasteiger partial charge in [0.15, 0.2) is 0 Å². The molecule has 0 bridgehead atoms. The molecule has 1 aromatic heterocycles. The minimum Gasteiger partial charge on any atom is -0.329 e. The number of nitrogens with two attached hydrogens (primary N) is 1. The van der Waals surface area contributed by atoms with Crippen molar-refractivity contribution < 1.29 is 0 Å². The van der Waals surface area contributed by atoms with Crippen LogP contribution in [0.25, 0.3) is 0 Å². The molecule has 0 aromatic carbocycles. The van der Waals surface area contributed by atoms with Gasteiger partial charge < -0.3 is 11.1 Å². The van der Waals surface area contributed by atoms with Gasteiger partial charge in [-0.05, 0) is 17.5 Å². The van der Waals surface area contributed by atoms with E-state index in [4.69, 9.17) is 5.73 Å². The van der Waals surface area contributed by atoms with E-state index >= 15 is 0 Å². The van der Waals surface area contributed by atoms with E-state index in [9.17, 15) is 0 Å². The predicted molar refractivity (Wildman–Crippen MR) is 63.8 cm³/mol. The van der Waals surface area contributed by atoms with Gasteiger partial charge in [0.25, 0.3) is 0 Å². The standard InChI is InChI=1S/C11H20N2S/c1-11(2,3)10-5-4-9(14-10)8-13-7-6-12/h4-5,13H,6-8,12H2,1-3H3. The van der Waals surface area contributed by atoms with E-state index in [2.05, 4.69) is 38.2 Å². The lowest BCUT2D eigenvalue weighted by Crippen LogP contribution is -2.21. The molecule has 0 unspecified atom stereocenters. The van der Waals surface area contributed by atoms with Gasteiger partial charge in [-0.2, -0.15) is 0 Å². The fraction of sp³-hybridized carbons (Fsp3) is 0.636. The van der Waals surface area contributed by atoms with Crippen LogP contribution in [0.1, 0.15) is 30.5 Å². The summed E-state index contributed by atoms with van der Waals surface area (Å²) >= 11 is 1.89. The second-order valence-corrected chi connectivity index (χ2v) is 5.65. The van der Waals surface area contributed by atoms with Crippen LogP contribution in [0.3, 0.4) is 0 Å². The highest BCUT2D eigenvalue weighted by atomic mass is 32.1. The third kappa shape index (κ3) is 3.40. The van der Waals surface area contributed by atoms with Crippen LogP contribution in [0.5, 0.6) is 0 Å². The second kappa shape index (κ2) is 4.91. The van der Waals surface area contributed by atoms with Crippen molar-refractivity contribution in [3.63, 3.8) is 0 Å². The van der Waals surface area contributed by atoms with Crippen molar-refractivity contribution >= 4 is 11.3 Å². The summed E-state index contributed by atoms with van der Waals surface area (Å²) < 4.78 is 0. The predicted octanol–water partition coefficient (Wildman–Crippen LogP) is 2.09. The molecule has 1 heterocycles. The molecule has 0 amide bonds. The zero-order valence-electron chi connectivity index (χ0n) is 9.26. The first-order valence-corrected chi connectivity index (χ1v) is 5.85. The lowest BCUT2D eigenvalue weighted by Gasteiger charge is -2.15. The van der Waals surface area contributed by atoms with Crippen LogP contribution in [0.15, 0.2) is 12.1 Å². The Hall–Kier alpha value is -0.380. The first-order valence-electron chi connectivity index (χ1n) is 5.04. The van der Waals surface area contributed by atoms with E-state index in [1.807, 2.05) is 11.3 Å². The Morgan fingerprint density at radius 2 is 2.07 bits per heavy atom. The molecule has 1 rings (SSSR count). The first-order chi connectivity index (χ1) is 6.54. The molecule has 80 valence electrons. The maximum atomic E-state index is 5.41. The Labute approximate surface area is 90.5 Å². The molecule has 0 aliphatic rings. The molecule has 0 atom stereocenters. The quantitative estimate of drug-likeness (QED) is 0.750. The molecule has 0 fully saturated rings. The average molecular weight is 212 g/mol. The summed E-state index contributed by atoms with van der Waals surface area (Å²) in [5.74, 6) is 0. The monoisotopic (exact) mass is 212 g/mol. The molecule has 14 heavy (non-hydrogen) atoms. The van der Waals surface area contributed by atoms with Gasteiger partial charge in [-0.15, -0.1) is 11.3 Å². The smallest absolute Gasteiger partial charge is 0.0300 e.